The van der Waals surface area contributed by atoms with Crippen LogP contribution >= 0.6 is 0 Å². The third kappa shape index (κ3) is 2.66. The van der Waals surface area contributed by atoms with Gasteiger partial charge >= 0.3 is 0 Å². The Morgan fingerprint density at radius 3 is 2.90 bits per heavy atom. The molecule has 0 bridgehead atoms. The van der Waals surface area contributed by atoms with Crippen LogP contribution in [0.2, 0.25) is 0 Å². The zero-order valence-corrected chi connectivity index (χ0v) is 11.6. The van der Waals surface area contributed by atoms with Crippen LogP contribution in [0.1, 0.15) is 30.4 Å². The van der Waals surface area contributed by atoms with Crippen LogP contribution in [0.4, 0.5) is 0 Å². The Morgan fingerprint density at radius 1 is 1.40 bits per heavy atom. The maximum absolute atomic E-state index is 12.6. The summed E-state index contributed by atoms with van der Waals surface area (Å²) in [6.45, 7) is 3.05. The van der Waals surface area contributed by atoms with Crippen molar-refractivity contribution in [2.24, 2.45) is 5.92 Å². The maximum atomic E-state index is 12.6. The molecule has 5 nitrogen and oxygen atoms in total. The zero-order chi connectivity index (χ0) is 14.1. The fourth-order valence-corrected chi connectivity index (χ4v) is 2.64. The Labute approximate surface area is 118 Å². The number of pyridine rings is 1. The predicted molar refractivity (Wildman–Crippen MR) is 73.7 cm³/mol. The Hall–Kier alpha value is -1.91. The van der Waals surface area contributed by atoms with E-state index in [0.29, 0.717) is 25.4 Å². The second kappa shape index (κ2) is 5.23. The van der Waals surface area contributed by atoms with E-state index in [-0.39, 0.29) is 17.9 Å². The van der Waals surface area contributed by atoms with E-state index in [1.807, 2.05) is 17.9 Å². The molecular weight excluding hydrogens is 254 g/mol. The lowest BCUT2D eigenvalue weighted by Crippen LogP contribution is -2.45. The van der Waals surface area contributed by atoms with Gasteiger partial charge in [0.25, 0.3) is 0 Å². The SMILES string of the molecule is Cc1cnccc1CN1CCC(=O)NC(C2CC2)C1=O. The third-order valence-electron chi connectivity index (χ3n) is 4.09. The first-order valence-electron chi connectivity index (χ1n) is 7.13. The molecule has 2 fully saturated rings. The number of aryl methyl sites for hydroxylation is 1. The first-order chi connectivity index (χ1) is 9.65. The molecule has 5 heteroatoms. The highest BCUT2D eigenvalue weighted by molar-refractivity contribution is 5.90. The summed E-state index contributed by atoms with van der Waals surface area (Å²) >= 11 is 0. The Kier molecular flexibility index (Phi) is 3.42. The molecule has 0 aromatic carbocycles. The molecule has 1 aromatic heterocycles. The summed E-state index contributed by atoms with van der Waals surface area (Å²) < 4.78 is 0. The van der Waals surface area contributed by atoms with Crippen LogP contribution in [0, 0.1) is 12.8 Å². The standard InChI is InChI=1S/C15H19N3O2/c1-10-8-16-6-4-12(10)9-18-7-5-13(19)17-14(15(18)20)11-2-3-11/h4,6,8,11,14H,2-3,5,7,9H2,1H3,(H,17,19). The second-order valence-corrected chi connectivity index (χ2v) is 5.69. The molecule has 2 amide bonds. The van der Waals surface area contributed by atoms with Crippen molar-refractivity contribution in [2.75, 3.05) is 6.54 Å². The fourth-order valence-electron chi connectivity index (χ4n) is 2.64. The summed E-state index contributed by atoms with van der Waals surface area (Å²) in [7, 11) is 0. The van der Waals surface area contributed by atoms with Gasteiger partial charge in [0.15, 0.2) is 0 Å². The number of hydrogen-bond acceptors (Lipinski definition) is 3. The molecule has 0 spiro atoms. The smallest absolute Gasteiger partial charge is 0.245 e. The summed E-state index contributed by atoms with van der Waals surface area (Å²) in [6, 6.07) is 1.63. The van der Waals surface area contributed by atoms with Crippen molar-refractivity contribution in [3.8, 4) is 0 Å². The van der Waals surface area contributed by atoms with Crippen LogP contribution in [0.25, 0.3) is 0 Å². The maximum Gasteiger partial charge on any atom is 0.245 e. The van der Waals surface area contributed by atoms with Gasteiger partial charge in [0.05, 0.1) is 0 Å². The van der Waals surface area contributed by atoms with Crippen LogP contribution in [0.5, 0.6) is 0 Å². The van der Waals surface area contributed by atoms with Crippen molar-refractivity contribution in [1.82, 2.24) is 15.2 Å². The van der Waals surface area contributed by atoms with Crippen molar-refractivity contribution < 1.29 is 9.59 Å². The molecule has 1 aliphatic carbocycles. The summed E-state index contributed by atoms with van der Waals surface area (Å²) in [5.74, 6) is 0.393. The van der Waals surface area contributed by atoms with Gasteiger partial charge in [-0.1, -0.05) is 0 Å². The van der Waals surface area contributed by atoms with E-state index < -0.39 is 0 Å². The van der Waals surface area contributed by atoms with Gasteiger partial charge in [-0.15, -0.1) is 0 Å². The van der Waals surface area contributed by atoms with Crippen molar-refractivity contribution >= 4 is 11.8 Å². The van der Waals surface area contributed by atoms with E-state index in [0.717, 1.165) is 24.0 Å². The molecular formula is C15H19N3O2. The molecule has 3 rings (SSSR count). The number of carbonyl (C=O) groups is 2. The highest BCUT2D eigenvalue weighted by Crippen LogP contribution is 2.34. The summed E-state index contributed by atoms with van der Waals surface area (Å²) in [4.78, 5) is 30.2. The predicted octanol–water partition coefficient (Wildman–Crippen LogP) is 1.02. The first-order valence-corrected chi connectivity index (χ1v) is 7.13. The van der Waals surface area contributed by atoms with Crippen LogP contribution in [-0.4, -0.2) is 34.3 Å². The van der Waals surface area contributed by atoms with E-state index in [1.165, 1.54) is 0 Å². The highest BCUT2D eigenvalue weighted by atomic mass is 16.2. The van der Waals surface area contributed by atoms with Gasteiger partial charge in [0, 0.05) is 31.9 Å². The molecule has 0 radical (unpaired) electrons. The Morgan fingerprint density at radius 2 is 2.20 bits per heavy atom. The monoisotopic (exact) mass is 273 g/mol. The molecule has 20 heavy (non-hydrogen) atoms. The molecule has 1 N–H and O–H groups in total. The number of amides is 2. The molecule has 1 saturated carbocycles. The minimum absolute atomic E-state index is 0.01000. The number of nitrogens with zero attached hydrogens (tertiary/aromatic N) is 2. The van der Waals surface area contributed by atoms with E-state index in [4.69, 9.17) is 0 Å². The molecule has 1 aromatic rings. The molecule has 1 atom stereocenters. The lowest BCUT2D eigenvalue weighted by Gasteiger charge is -2.24. The van der Waals surface area contributed by atoms with Gasteiger partial charge in [0.2, 0.25) is 11.8 Å². The Balaban J connectivity index is 1.79. The first kappa shape index (κ1) is 13.1. The summed E-state index contributed by atoms with van der Waals surface area (Å²) in [5.41, 5.74) is 2.17. The molecule has 1 unspecified atom stereocenters. The van der Waals surface area contributed by atoms with Crippen LogP contribution < -0.4 is 5.32 Å². The van der Waals surface area contributed by atoms with Crippen LogP contribution in [0.15, 0.2) is 18.5 Å². The topological polar surface area (TPSA) is 62.3 Å². The molecule has 1 aliphatic heterocycles. The summed E-state index contributed by atoms with van der Waals surface area (Å²) in [6.07, 6.45) is 6.02. The minimum atomic E-state index is -0.313. The molecule has 2 heterocycles. The fraction of sp³-hybridized carbons (Fsp3) is 0.533. The average Bonchev–Trinajstić information content (AvgIpc) is 3.26. The molecule has 2 aliphatic rings. The Bertz CT molecular complexity index is 540. The number of rotatable bonds is 3. The van der Waals surface area contributed by atoms with Gasteiger partial charge in [-0.05, 0) is 42.9 Å². The summed E-state index contributed by atoms with van der Waals surface area (Å²) in [5, 5.41) is 2.88. The van der Waals surface area contributed by atoms with Crippen molar-refractivity contribution in [2.45, 2.75) is 38.8 Å². The van der Waals surface area contributed by atoms with E-state index in [1.54, 1.807) is 12.4 Å². The largest absolute Gasteiger partial charge is 0.344 e. The lowest BCUT2D eigenvalue weighted by atomic mass is 10.1. The number of aromatic nitrogens is 1. The minimum Gasteiger partial charge on any atom is -0.344 e. The second-order valence-electron chi connectivity index (χ2n) is 5.69. The van der Waals surface area contributed by atoms with Gasteiger partial charge in [-0.25, -0.2) is 0 Å². The van der Waals surface area contributed by atoms with Gasteiger partial charge in [-0.3, -0.25) is 14.6 Å². The van der Waals surface area contributed by atoms with Crippen LogP contribution in [-0.2, 0) is 16.1 Å². The van der Waals surface area contributed by atoms with E-state index in [2.05, 4.69) is 10.3 Å². The van der Waals surface area contributed by atoms with Gasteiger partial charge < -0.3 is 10.2 Å². The zero-order valence-electron chi connectivity index (χ0n) is 11.6. The lowest BCUT2D eigenvalue weighted by molar-refractivity contribution is -0.134. The average molecular weight is 273 g/mol. The third-order valence-corrected chi connectivity index (χ3v) is 4.09. The number of carbonyl (C=O) groups excluding carboxylic acids is 2. The van der Waals surface area contributed by atoms with Gasteiger partial charge in [0.1, 0.15) is 6.04 Å². The number of nitrogens with one attached hydrogen (secondary N) is 1. The van der Waals surface area contributed by atoms with Gasteiger partial charge in [-0.2, -0.15) is 0 Å². The molecule has 1 saturated heterocycles. The van der Waals surface area contributed by atoms with E-state index >= 15 is 0 Å². The quantitative estimate of drug-likeness (QED) is 0.894. The highest BCUT2D eigenvalue weighted by Gasteiger charge is 2.40. The van der Waals surface area contributed by atoms with Crippen molar-refractivity contribution in [1.29, 1.82) is 0 Å². The van der Waals surface area contributed by atoms with E-state index in [9.17, 15) is 9.59 Å². The van der Waals surface area contributed by atoms with Crippen LogP contribution in [0.3, 0.4) is 0 Å². The van der Waals surface area contributed by atoms with Crippen molar-refractivity contribution in [3.63, 3.8) is 0 Å². The number of hydrogen-bond donors (Lipinski definition) is 1. The van der Waals surface area contributed by atoms with Crippen molar-refractivity contribution in [3.05, 3.63) is 29.6 Å². The normalized spacial score (nSPS) is 23.4. The molecule has 106 valence electrons.